The number of aliphatic carboxylic acids is 1. The molecule has 1 fully saturated rings. The molecular weight excluding hydrogens is 250 g/mol. The molecule has 1 saturated heterocycles. The fraction of sp³-hybridized carbons (Fsp3) is 0.833. The molecule has 1 aliphatic rings. The van der Waals surface area contributed by atoms with E-state index in [0.717, 1.165) is 26.2 Å². The summed E-state index contributed by atoms with van der Waals surface area (Å²) in [5.74, 6) is -1.62. The van der Waals surface area contributed by atoms with Gasteiger partial charge in [-0.1, -0.05) is 0 Å². The van der Waals surface area contributed by atoms with Gasteiger partial charge in [-0.05, 0) is 20.8 Å². The quantitative estimate of drug-likeness (QED) is 0.492. The second-order valence-electron chi connectivity index (χ2n) is 5.33. The number of aliphatic hydroxyl groups is 1. The zero-order valence-corrected chi connectivity index (χ0v) is 11.6. The summed E-state index contributed by atoms with van der Waals surface area (Å²) in [6.07, 6.45) is -1.14. The van der Waals surface area contributed by atoms with Crippen molar-refractivity contribution in [2.75, 3.05) is 26.2 Å². The Morgan fingerprint density at radius 3 is 2.26 bits per heavy atom. The number of piperazine rings is 1. The largest absolute Gasteiger partial charge is 0.480 e. The predicted molar refractivity (Wildman–Crippen MR) is 69.8 cm³/mol. The van der Waals surface area contributed by atoms with Gasteiger partial charge in [-0.15, -0.1) is 0 Å². The maximum Gasteiger partial charge on any atom is 0.328 e. The van der Waals surface area contributed by atoms with E-state index in [9.17, 15) is 14.7 Å². The van der Waals surface area contributed by atoms with Crippen molar-refractivity contribution in [1.29, 1.82) is 0 Å². The molecule has 0 radical (unpaired) electrons. The highest BCUT2D eigenvalue weighted by Gasteiger charge is 2.38. The SMILES string of the molecule is C[C@@H](O)[C@H](NC(=O)C(C)(C)N1CCNCC1)C(=O)O. The van der Waals surface area contributed by atoms with Crippen molar-refractivity contribution in [2.24, 2.45) is 0 Å². The molecule has 7 heteroatoms. The van der Waals surface area contributed by atoms with Gasteiger partial charge in [0.25, 0.3) is 0 Å². The summed E-state index contributed by atoms with van der Waals surface area (Å²) >= 11 is 0. The first-order chi connectivity index (χ1) is 8.76. The van der Waals surface area contributed by atoms with Crippen LogP contribution in [0.2, 0.25) is 0 Å². The Morgan fingerprint density at radius 2 is 1.84 bits per heavy atom. The van der Waals surface area contributed by atoms with Gasteiger partial charge in [-0.25, -0.2) is 4.79 Å². The maximum atomic E-state index is 12.2. The third-order valence-electron chi connectivity index (χ3n) is 3.50. The first kappa shape index (κ1) is 15.9. The summed E-state index contributed by atoms with van der Waals surface area (Å²) in [6.45, 7) is 7.92. The van der Waals surface area contributed by atoms with E-state index in [1.165, 1.54) is 6.92 Å². The van der Waals surface area contributed by atoms with E-state index < -0.39 is 23.7 Å². The first-order valence-corrected chi connectivity index (χ1v) is 6.44. The van der Waals surface area contributed by atoms with Gasteiger partial charge in [0.15, 0.2) is 6.04 Å². The van der Waals surface area contributed by atoms with Gasteiger partial charge in [0, 0.05) is 26.2 Å². The van der Waals surface area contributed by atoms with Crippen LogP contribution in [0.15, 0.2) is 0 Å². The van der Waals surface area contributed by atoms with Gasteiger partial charge in [-0.2, -0.15) is 0 Å². The second kappa shape index (κ2) is 6.31. The average molecular weight is 273 g/mol. The van der Waals surface area contributed by atoms with Crippen molar-refractivity contribution in [3.8, 4) is 0 Å². The summed E-state index contributed by atoms with van der Waals surface area (Å²) in [7, 11) is 0. The van der Waals surface area contributed by atoms with Crippen LogP contribution in [0.25, 0.3) is 0 Å². The van der Waals surface area contributed by atoms with Crippen LogP contribution in [0.4, 0.5) is 0 Å². The zero-order chi connectivity index (χ0) is 14.6. The van der Waals surface area contributed by atoms with Crippen LogP contribution in [-0.4, -0.2) is 70.9 Å². The van der Waals surface area contributed by atoms with Crippen LogP contribution in [0, 0.1) is 0 Å². The number of carboxylic acid groups (broad SMARTS) is 1. The fourth-order valence-electron chi connectivity index (χ4n) is 2.07. The van der Waals surface area contributed by atoms with Crippen LogP contribution in [-0.2, 0) is 9.59 Å². The third-order valence-corrected chi connectivity index (χ3v) is 3.50. The molecule has 0 bridgehead atoms. The van der Waals surface area contributed by atoms with Crippen LogP contribution in [0.5, 0.6) is 0 Å². The van der Waals surface area contributed by atoms with Crippen molar-refractivity contribution in [3.63, 3.8) is 0 Å². The number of rotatable bonds is 5. The lowest BCUT2D eigenvalue weighted by atomic mass is 9.99. The molecular formula is C12H23N3O4. The minimum absolute atomic E-state index is 0.386. The number of carbonyl (C=O) groups excluding carboxylic acids is 1. The van der Waals surface area contributed by atoms with Crippen molar-refractivity contribution < 1.29 is 19.8 Å². The molecule has 0 saturated carbocycles. The van der Waals surface area contributed by atoms with E-state index in [0.29, 0.717) is 0 Å². The van der Waals surface area contributed by atoms with E-state index >= 15 is 0 Å². The second-order valence-corrected chi connectivity index (χ2v) is 5.33. The summed E-state index contributed by atoms with van der Waals surface area (Å²) in [4.78, 5) is 25.2. The lowest BCUT2D eigenvalue weighted by Gasteiger charge is -2.40. The minimum atomic E-state index is -1.28. The van der Waals surface area contributed by atoms with Crippen molar-refractivity contribution in [1.82, 2.24) is 15.5 Å². The lowest BCUT2D eigenvalue weighted by molar-refractivity contribution is -0.147. The molecule has 1 aliphatic heterocycles. The molecule has 0 aromatic carbocycles. The Labute approximate surface area is 113 Å². The predicted octanol–water partition coefficient (Wildman–Crippen LogP) is -1.38. The molecule has 0 aliphatic carbocycles. The molecule has 4 N–H and O–H groups in total. The number of aliphatic hydroxyl groups excluding tert-OH is 1. The fourth-order valence-corrected chi connectivity index (χ4v) is 2.07. The Kier molecular flexibility index (Phi) is 5.28. The van der Waals surface area contributed by atoms with E-state index in [1.807, 2.05) is 4.90 Å². The highest BCUT2D eigenvalue weighted by molar-refractivity contribution is 5.89. The number of nitrogens with one attached hydrogen (secondary N) is 2. The molecule has 2 atom stereocenters. The minimum Gasteiger partial charge on any atom is -0.480 e. The molecule has 1 rings (SSSR count). The Balaban J connectivity index is 2.71. The van der Waals surface area contributed by atoms with Crippen molar-refractivity contribution >= 4 is 11.9 Å². The lowest BCUT2D eigenvalue weighted by Crippen LogP contribution is -2.62. The summed E-state index contributed by atoms with van der Waals surface area (Å²) in [5, 5.41) is 24.0. The van der Waals surface area contributed by atoms with Crippen molar-refractivity contribution in [2.45, 2.75) is 38.5 Å². The normalized spacial score (nSPS) is 20.6. The van der Waals surface area contributed by atoms with E-state index in [1.54, 1.807) is 13.8 Å². The summed E-state index contributed by atoms with van der Waals surface area (Å²) in [6, 6.07) is -1.28. The third kappa shape index (κ3) is 3.89. The number of carbonyl (C=O) groups is 2. The Bertz CT molecular complexity index is 338. The smallest absolute Gasteiger partial charge is 0.328 e. The standard InChI is InChI=1S/C12H23N3O4/c1-8(16)9(10(17)18)14-11(19)12(2,3)15-6-4-13-5-7-15/h8-9,13,16H,4-7H2,1-3H3,(H,14,19)(H,17,18)/t8-,9+/m1/s1. The van der Waals surface area contributed by atoms with E-state index in [-0.39, 0.29) is 5.91 Å². The Hall–Kier alpha value is -1.18. The van der Waals surface area contributed by atoms with Gasteiger partial charge < -0.3 is 20.8 Å². The number of hydrogen-bond donors (Lipinski definition) is 4. The van der Waals surface area contributed by atoms with E-state index in [4.69, 9.17) is 5.11 Å². The molecule has 0 spiro atoms. The number of amides is 1. The zero-order valence-electron chi connectivity index (χ0n) is 11.6. The number of hydrogen-bond acceptors (Lipinski definition) is 5. The van der Waals surface area contributed by atoms with Gasteiger partial charge in [-0.3, -0.25) is 9.69 Å². The average Bonchev–Trinajstić information content (AvgIpc) is 2.35. The molecule has 0 aromatic heterocycles. The highest BCUT2D eigenvalue weighted by atomic mass is 16.4. The van der Waals surface area contributed by atoms with Crippen LogP contribution >= 0.6 is 0 Å². The highest BCUT2D eigenvalue weighted by Crippen LogP contribution is 2.15. The number of nitrogens with zero attached hydrogens (tertiary/aromatic N) is 1. The molecule has 1 amide bonds. The molecule has 0 unspecified atom stereocenters. The molecule has 110 valence electrons. The molecule has 7 nitrogen and oxygen atoms in total. The van der Waals surface area contributed by atoms with E-state index in [2.05, 4.69) is 10.6 Å². The van der Waals surface area contributed by atoms with Gasteiger partial charge in [0.05, 0.1) is 11.6 Å². The summed E-state index contributed by atoms with van der Waals surface area (Å²) < 4.78 is 0. The maximum absolute atomic E-state index is 12.2. The van der Waals surface area contributed by atoms with Gasteiger partial charge >= 0.3 is 5.97 Å². The van der Waals surface area contributed by atoms with Gasteiger partial charge in [0.2, 0.25) is 5.91 Å². The topological polar surface area (TPSA) is 102 Å². The number of carboxylic acids is 1. The first-order valence-electron chi connectivity index (χ1n) is 6.44. The monoisotopic (exact) mass is 273 g/mol. The molecule has 1 heterocycles. The Morgan fingerprint density at radius 1 is 1.32 bits per heavy atom. The van der Waals surface area contributed by atoms with Crippen molar-refractivity contribution in [3.05, 3.63) is 0 Å². The van der Waals surface area contributed by atoms with Gasteiger partial charge in [0.1, 0.15) is 0 Å². The molecule has 19 heavy (non-hydrogen) atoms. The van der Waals surface area contributed by atoms with Crippen LogP contribution in [0.1, 0.15) is 20.8 Å². The van der Waals surface area contributed by atoms with Crippen LogP contribution < -0.4 is 10.6 Å². The molecule has 0 aromatic rings. The summed E-state index contributed by atoms with van der Waals surface area (Å²) in [5.41, 5.74) is -0.801. The van der Waals surface area contributed by atoms with Crippen LogP contribution in [0.3, 0.4) is 0 Å².